The summed E-state index contributed by atoms with van der Waals surface area (Å²) in [5.41, 5.74) is 0.305. The Labute approximate surface area is 160 Å². The molecule has 142 valence electrons. The van der Waals surface area contributed by atoms with Gasteiger partial charge in [-0.05, 0) is 44.2 Å². The van der Waals surface area contributed by atoms with Gasteiger partial charge in [0.15, 0.2) is 6.10 Å². The van der Waals surface area contributed by atoms with Crippen LogP contribution in [0.15, 0.2) is 48.5 Å². The minimum Gasteiger partial charge on any atom is -0.451 e. The number of carbonyl (C=O) groups excluding carboxylic acids is 3. The molecular formula is C19H18ClFN2O4. The molecule has 2 amide bonds. The summed E-state index contributed by atoms with van der Waals surface area (Å²) in [5.74, 6) is -2.66. The molecule has 0 spiro atoms. The molecule has 0 bridgehead atoms. The molecule has 0 saturated heterocycles. The number of halogens is 2. The van der Waals surface area contributed by atoms with Crippen LogP contribution in [0.2, 0.25) is 5.02 Å². The Hall–Kier alpha value is -2.93. The molecule has 0 aliphatic carbocycles. The Morgan fingerprint density at radius 1 is 1.07 bits per heavy atom. The van der Waals surface area contributed by atoms with E-state index in [0.29, 0.717) is 5.56 Å². The zero-order chi connectivity index (χ0) is 20.0. The van der Waals surface area contributed by atoms with Gasteiger partial charge in [0.1, 0.15) is 11.9 Å². The number of hydrogen-bond donors (Lipinski definition) is 2. The fourth-order valence-corrected chi connectivity index (χ4v) is 2.24. The van der Waals surface area contributed by atoms with Crippen molar-refractivity contribution in [2.75, 3.05) is 5.32 Å². The van der Waals surface area contributed by atoms with Crippen LogP contribution in [0.4, 0.5) is 10.1 Å². The lowest BCUT2D eigenvalue weighted by atomic mass is 10.2. The number of anilines is 1. The second-order valence-corrected chi connectivity index (χ2v) is 6.19. The first-order valence-corrected chi connectivity index (χ1v) is 8.48. The fraction of sp³-hybridized carbons (Fsp3) is 0.211. The molecule has 0 heterocycles. The highest BCUT2D eigenvalue weighted by Gasteiger charge is 2.24. The van der Waals surface area contributed by atoms with E-state index >= 15 is 0 Å². The van der Waals surface area contributed by atoms with Gasteiger partial charge in [-0.25, -0.2) is 9.18 Å². The summed E-state index contributed by atoms with van der Waals surface area (Å²) in [6, 6.07) is 11.1. The maximum absolute atomic E-state index is 13.7. The largest absolute Gasteiger partial charge is 0.451 e. The van der Waals surface area contributed by atoms with Crippen molar-refractivity contribution in [3.8, 4) is 0 Å². The predicted octanol–water partition coefficient (Wildman–Crippen LogP) is 3.17. The summed E-state index contributed by atoms with van der Waals surface area (Å²) in [5, 5.41) is 4.98. The van der Waals surface area contributed by atoms with Crippen LogP contribution in [0.3, 0.4) is 0 Å². The molecule has 0 saturated carbocycles. The van der Waals surface area contributed by atoms with Crippen LogP contribution in [0.5, 0.6) is 0 Å². The lowest BCUT2D eigenvalue weighted by Gasteiger charge is -2.18. The Balaban J connectivity index is 1.89. The zero-order valence-electron chi connectivity index (χ0n) is 14.7. The normalized spacial score (nSPS) is 12.6. The molecular weight excluding hydrogens is 375 g/mol. The first-order valence-electron chi connectivity index (χ1n) is 8.10. The molecule has 0 fully saturated rings. The molecule has 2 atom stereocenters. The number of carbonyl (C=O) groups is 3. The zero-order valence-corrected chi connectivity index (χ0v) is 15.4. The van der Waals surface area contributed by atoms with E-state index in [1.54, 1.807) is 30.3 Å². The molecule has 0 radical (unpaired) electrons. The van der Waals surface area contributed by atoms with E-state index in [1.807, 2.05) is 0 Å². The molecule has 8 heteroatoms. The minimum absolute atomic E-state index is 0.0854. The molecule has 2 N–H and O–H groups in total. The van der Waals surface area contributed by atoms with E-state index in [0.717, 1.165) is 6.07 Å². The predicted molar refractivity (Wildman–Crippen MR) is 99.0 cm³/mol. The van der Waals surface area contributed by atoms with Gasteiger partial charge in [0.25, 0.3) is 11.8 Å². The topological polar surface area (TPSA) is 84.5 Å². The Kier molecular flexibility index (Phi) is 6.90. The number of ether oxygens (including phenoxy) is 1. The summed E-state index contributed by atoms with van der Waals surface area (Å²) in [7, 11) is 0. The van der Waals surface area contributed by atoms with Crippen LogP contribution < -0.4 is 10.6 Å². The highest BCUT2D eigenvalue weighted by atomic mass is 35.5. The highest BCUT2D eigenvalue weighted by Crippen LogP contribution is 2.19. The molecule has 0 aliphatic rings. The standard InChI is InChI=1S/C19H18ClFN2O4/c1-11(22-18(25)13-6-4-3-5-7-13)19(26)27-12(2)17(24)23-16-9-8-14(20)10-15(16)21/h3-12H,1-2H3,(H,22,25)(H,23,24)/t11-,12-/m0/s1. The maximum Gasteiger partial charge on any atom is 0.329 e. The monoisotopic (exact) mass is 392 g/mol. The van der Waals surface area contributed by atoms with Crippen molar-refractivity contribution in [2.24, 2.45) is 0 Å². The number of amides is 2. The molecule has 27 heavy (non-hydrogen) atoms. The summed E-state index contributed by atoms with van der Waals surface area (Å²) in [6.45, 7) is 2.78. The number of hydrogen-bond acceptors (Lipinski definition) is 4. The SMILES string of the molecule is C[C@H](NC(=O)c1ccccc1)C(=O)O[C@@H](C)C(=O)Nc1ccc(Cl)cc1F. The number of rotatable bonds is 6. The molecule has 2 aromatic rings. The smallest absolute Gasteiger partial charge is 0.329 e. The van der Waals surface area contributed by atoms with Crippen molar-refractivity contribution < 1.29 is 23.5 Å². The van der Waals surface area contributed by atoms with Crippen molar-refractivity contribution >= 4 is 35.1 Å². The van der Waals surface area contributed by atoms with Gasteiger partial charge >= 0.3 is 5.97 Å². The van der Waals surface area contributed by atoms with Gasteiger partial charge in [-0.2, -0.15) is 0 Å². The minimum atomic E-state index is -1.19. The van der Waals surface area contributed by atoms with Crippen molar-refractivity contribution in [2.45, 2.75) is 26.0 Å². The van der Waals surface area contributed by atoms with Gasteiger partial charge in [0.05, 0.1) is 5.69 Å². The third kappa shape index (κ3) is 5.79. The average molecular weight is 393 g/mol. The van der Waals surface area contributed by atoms with E-state index < -0.39 is 35.7 Å². The van der Waals surface area contributed by atoms with E-state index in [-0.39, 0.29) is 10.7 Å². The lowest BCUT2D eigenvalue weighted by Crippen LogP contribution is -2.42. The van der Waals surface area contributed by atoms with E-state index in [9.17, 15) is 18.8 Å². The van der Waals surface area contributed by atoms with Crippen LogP contribution >= 0.6 is 11.6 Å². The van der Waals surface area contributed by atoms with Gasteiger partial charge in [-0.15, -0.1) is 0 Å². The van der Waals surface area contributed by atoms with Crippen LogP contribution in [0, 0.1) is 5.82 Å². The Morgan fingerprint density at radius 3 is 2.37 bits per heavy atom. The molecule has 6 nitrogen and oxygen atoms in total. The maximum atomic E-state index is 13.7. The molecule has 2 rings (SSSR count). The third-order valence-corrected chi connectivity index (χ3v) is 3.82. The van der Waals surface area contributed by atoms with Crippen LogP contribution in [-0.2, 0) is 14.3 Å². The second-order valence-electron chi connectivity index (χ2n) is 5.75. The number of nitrogens with one attached hydrogen (secondary N) is 2. The van der Waals surface area contributed by atoms with Gasteiger partial charge in [0, 0.05) is 10.6 Å². The highest BCUT2D eigenvalue weighted by molar-refractivity contribution is 6.30. The molecule has 2 aromatic carbocycles. The van der Waals surface area contributed by atoms with Gasteiger partial charge in [-0.3, -0.25) is 9.59 Å². The van der Waals surface area contributed by atoms with Crippen LogP contribution in [0.25, 0.3) is 0 Å². The second kappa shape index (κ2) is 9.14. The summed E-state index contributed by atoms with van der Waals surface area (Å²) in [4.78, 5) is 36.2. The summed E-state index contributed by atoms with van der Waals surface area (Å²) < 4.78 is 18.7. The quantitative estimate of drug-likeness (QED) is 0.739. The van der Waals surface area contributed by atoms with Crippen molar-refractivity contribution in [3.63, 3.8) is 0 Å². The Bertz CT molecular complexity index is 845. The van der Waals surface area contributed by atoms with E-state index in [2.05, 4.69) is 10.6 Å². The molecule has 0 aliphatic heterocycles. The number of esters is 1. The lowest BCUT2D eigenvalue weighted by molar-refractivity contribution is -0.154. The van der Waals surface area contributed by atoms with Gasteiger partial charge in [0.2, 0.25) is 0 Å². The van der Waals surface area contributed by atoms with Crippen LogP contribution in [-0.4, -0.2) is 29.9 Å². The van der Waals surface area contributed by atoms with Gasteiger partial charge < -0.3 is 15.4 Å². The average Bonchev–Trinajstić information content (AvgIpc) is 2.64. The Morgan fingerprint density at radius 2 is 1.74 bits per heavy atom. The molecule has 0 aromatic heterocycles. The fourth-order valence-electron chi connectivity index (χ4n) is 2.08. The third-order valence-electron chi connectivity index (χ3n) is 3.59. The van der Waals surface area contributed by atoms with E-state index in [4.69, 9.17) is 16.3 Å². The molecule has 0 unspecified atom stereocenters. The van der Waals surface area contributed by atoms with Crippen molar-refractivity contribution in [1.82, 2.24) is 5.32 Å². The summed E-state index contributed by atoms with van der Waals surface area (Å²) >= 11 is 5.65. The van der Waals surface area contributed by atoms with Crippen molar-refractivity contribution in [1.29, 1.82) is 0 Å². The first-order chi connectivity index (χ1) is 12.8. The first kappa shape index (κ1) is 20.4. The summed E-state index contributed by atoms with van der Waals surface area (Å²) in [6.07, 6.45) is -1.19. The van der Waals surface area contributed by atoms with E-state index in [1.165, 1.54) is 26.0 Å². The van der Waals surface area contributed by atoms with Gasteiger partial charge in [-0.1, -0.05) is 29.8 Å². The number of benzene rings is 2. The van der Waals surface area contributed by atoms with Crippen LogP contribution in [0.1, 0.15) is 24.2 Å². The van der Waals surface area contributed by atoms with Crippen molar-refractivity contribution in [3.05, 3.63) is 64.9 Å².